The minimum atomic E-state index is -1.06. The monoisotopic (exact) mass is 244 g/mol. The second-order valence-corrected chi connectivity index (χ2v) is 3.81. The lowest BCUT2D eigenvalue weighted by Gasteiger charge is -1.95. The van der Waals surface area contributed by atoms with Crippen molar-refractivity contribution in [1.82, 2.24) is 20.2 Å². The van der Waals surface area contributed by atoms with Crippen LogP contribution in [0.2, 0.25) is 0 Å². The molecule has 3 rings (SSSR count). The maximum absolute atomic E-state index is 11.1. The lowest BCUT2D eigenvalue weighted by atomic mass is 10.1. The van der Waals surface area contributed by atoms with Crippen LogP contribution in [0, 0.1) is 0 Å². The predicted molar refractivity (Wildman–Crippen MR) is 63.5 cm³/mol. The number of benzene rings is 1. The van der Waals surface area contributed by atoms with E-state index >= 15 is 0 Å². The summed E-state index contributed by atoms with van der Waals surface area (Å²) in [6.45, 7) is 0. The SMILES string of the molecule is O=C(O)c1cc(-c2ccc3[nH]c(=O)[nH]c3c2)n[nH]1. The number of aromatic carboxylic acids is 1. The third kappa shape index (κ3) is 1.58. The smallest absolute Gasteiger partial charge is 0.353 e. The quantitative estimate of drug-likeness (QED) is 0.537. The molecule has 0 spiro atoms. The lowest BCUT2D eigenvalue weighted by Crippen LogP contribution is -1.99. The molecule has 1 aromatic carbocycles. The summed E-state index contributed by atoms with van der Waals surface area (Å²) in [7, 11) is 0. The number of fused-ring (bicyclic) bond motifs is 1. The molecule has 0 saturated heterocycles. The zero-order valence-corrected chi connectivity index (χ0v) is 9.02. The molecule has 0 unspecified atom stereocenters. The molecule has 7 nitrogen and oxygen atoms in total. The summed E-state index contributed by atoms with van der Waals surface area (Å²) in [5.41, 5.74) is 2.32. The van der Waals surface area contributed by atoms with Crippen molar-refractivity contribution < 1.29 is 9.90 Å². The van der Waals surface area contributed by atoms with Gasteiger partial charge in [-0.1, -0.05) is 6.07 Å². The van der Waals surface area contributed by atoms with Gasteiger partial charge in [0.2, 0.25) is 0 Å². The van der Waals surface area contributed by atoms with Crippen LogP contribution in [0.15, 0.2) is 29.1 Å². The summed E-state index contributed by atoms with van der Waals surface area (Å²) >= 11 is 0. The number of hydrogen-bond donors (Lipinski definition) is 4. The molecule has 0 saturated carbocycles. The predicted octanol–water partition coefficient (Wildman–Crippen LogP) is 0.944. The molecule has 0 aliphatic rings. The van der Waals surface area contributed by atoms with Crippen LogP contribution in [0.3, 0.4) is 0 Å². The van der Waals surface area contributed by atoms with Crippen molar-refractivity contribution >= 4 is 17.0 Å². The number of nitrogens with zero attached hydrogens (tertiary/aromatic N) is 1. The highest BCUT2D eigenvalue weighted by atomic mass is 16.4. The van der Waals surface area contributed by atoms with Crippen molar-refractivity contribution in [3.63, 3.8) is 0 Å². The first kappa shape index (κ1) is 10.3. The van der Waals surface area contributed by atoms with E-state index in [1.165, 1.54) is 6.07 Å². The number of rotatable bonds is 2. The number of nitrogens with one attached hydrogen (secondary N) is 3. The van der Waals surface area contributed by atoms with Crippen molar-refractivity contribution in [1.29, 1.82) is 0 Å². The van der Waals surface area contributed by atoms with Gasteiger partial charge >= 0.3 is 11.7 Å². The highest BCUT2D eigenvalue weighted by molar-refractivity contribution is 5.87. The fourth-order valence-electron chi connectivity index (χ4n) is 1.77. The Hall–Kier alpha value is -2.83. The molecule has 4 N–H and O–H groups in total. The van der Waals surface area contributed by atoms with E-state index in [1.54, 1.807) is 18.2 Å². The number of H-pyrrole nitrogens is 3. The van der Waals surface area contributed by atoms with Gasteiger partial charge in [0.25, 0.3) is 0 Å². The summed E-state index contributed by atoms with van der Waals surface area (Å²) in [5.74, 6) is -1.06. The number of aromatic nitrogens is 4. The Kier molecular flexibility index (Phi) is 2.06. The van der Waals surface area contributed by atoms with Crippen molar-refractivity contribution in [2.45, 2.75) is 0 Å². The maximum Gasteiger partial charge on any atom is 0.353 e. The molecule has 0 bridgehead atoms. The van der Waals surface area contributed by atoms with E-state index in [9.17, 15) is 9.59 Å². The Morgan fingerprint density at radius 3 is 2.67 bits per heavy atom. The molecule has 18 heavy (non-hydrogen) atoms. The number of imidazole rings is 1. The Morgan fingerprint density at radius 1 is 1.17 bits per heavy atom. The van der Waals surface area contributed by atoms with Crippen molar-refractivity contribution in [2.75, 3.05) is 0 Å². The number of carboxylic acids is 1. The standard InChI is InChI=1S/C11H8N4O3/c16-10(17)9-4-7(14-15-9)5-1-2-6-8(3-5)13-11(18)12-6/h1-4H,(H,14,15)(H,16,17)(H2,12,13,18). The third-order valence-corrected chi connectivity index (χ3v) is 2.62. The molecule has 0 radical (unpaired) electrons. The molecule has 0 aliphatic heterocycles. The average molecular weight is 244 g/mol. The van der Waals surface area contributed by atoms with Crippen molar-refractivity contribution in [3.8, 4) is 11.3 Å². The van der Waals surface area contributed by atoms with Gasteiger partial charge in [-0.15, -0.1) is 0 Å². The first-order valence-corrected chi connectivity index (χ1v) is 5.14. The van der Waals surface area contributed by atoms with Gasteiger partial charge in [0.15, 0.2) is 0 Å². The number of aromatic amines is 3. The van der Waals surface area contributed by atoms with Gasteiger partial charge in [0, 0.05) is 5.56 Å². The summed E-state index contributed by atoms with van der Waals surface area (Å²) < 4.78 is 0. The molecule has 0 amide bonds. The van der Waals surface area contributed by atoms with Crippen LogP contribution in [0.5, 0.6) is 0 Å². The summed E-state index contributed by atoms with van der Waals surface area (Å²) in [6.07, 6.45) is 0. The Balaban J connectivity index is 2.12. The molecule has 90 valence electrons. The van der Waals surface area contributed by atoms with E-state index in [1.807, 2.05) is 0 Å². The fraction of sp³-hybridized carbons (Fsp3) is 0. The topological polar surface area (TPSA) is 115 Å². The van der Waals surface area contributed by atoms with Crippen molar-refractivity contribution in [2.24, 2.45) is 0 Å². The van der Waals surface area contributed by atoms with Gasteiger partial charge in [-0.05, 0) is 18.2 Å². The summed E-state index contributed by atoms with van der Waals surface area (Å²) in [4.78, 5) is 27.1. The molecular formula is C11H8N4O3. The lowest BCUT2D eigenvalue weighted by molar-refractivity contribution is 0.0690. The molecule has 0 atom stereocenters. The third-order valence-electron chi connectivity index (χ3n) is 2.62. The minimum absolute atomic E-state index is 0.0210. The Labute approximate surface area is 99.5 Å². The van der Waals surface area contributed by atoms with Gasteiger partial charge in [-0.25, -0.2) is 9.59 Å². The largest absolute Gasteiger partial charge is 0.477 e. The van der Waals surface area contributed by atoms with Crippen molar-refractivity contribution in [3.05, 3.63) is 40.4 Å². The van der Waals surface area contributed by atoms with Crippen LogP contribution in [-0.2, 0) is 0 Å². The van der Waals surface area contributed by atoms with Gasteiger partial charge in [0.05, 0.1) is 16.7 Å². The van der Waals surface area contributed by atoms with E-state index in [-0.39, 0.29) is 11.4 Å². The van der Waals surface area contributed by atoms with E-state index in [0.29, 0.717) is 16.7 Å². The zero-order chi connectivity index (χ0) is 12.7. The number of hydrogen-bond acceptors (Lipinski definition) is 3. The van der Waals surface area contributed by atoms with Gasteiger partial charge in [-0.3, -0.25) is 5.10 Å². The molecule has 7 heteroatoms. The Bertz CT molecular complexity index is 796. The Morgan fingerprint density at radius 2 is 1.94 bits per heavy atom. The van der Waals surface area contributed by atoms with Crippen LogP contribution < -0.4 is 5.69 Å². The van der Waals surface area contributed by atoms with Crippen LogP contribution in [-0.4, -0.2) is 31.2 Å². The maximum atomic E-state index is 11.1. The second-order valence-electron chi connectivity index (χ2n) is 3.81. The molecule has 2 aromatic heterocycles. The molecular weight excluding hydrogens is 236 g/mol. The molecule has 0 aliphatic carbocycles. The van der Waals surface area contributed by atoms with Crippen LogP contribution in [0.4, 0.5) is 0 Å². The summed E-state index contributed by atoms with van der Waals surface area (Å²) in [6, 6.07) is 6.66. The van der Waals surface area contributed by atoms with Crippen LogP contribution in [0.1, 0.15) is 10.5 Å². The first-order chi connectivity index (χ1) is 8.63. The number of carboxylic acid groups (broad SMARTS) is 1. The number of carbonyl (C=O) groups is 1. The normalized spacial score (nSPS) is 10.9. The van der Waals surface area contributed by atoms with E-state index in [4.69, 9.17) is 5.11 Å². The fourth-order valence-corrected chi connectivity index (χ4v) is 1.77. The molecule has 2 heterocycles. The molecule has 0 fully saturated rings. The second kappa shape index (κ2) is 3.59. The van der Waals surface area contributed by atoms with Gasteiger partial charge in [0.1, 0.15) is 5.69 Å². The van der Waals surface area contributed by atoms with E-state index in [0.717, 1.165) is 5.56 Å². The van der Waals surface area contributed by atoms with E-state index in [2.05, 4.69) is 20.2 Å². The molecule has 3 aromatic rings. The van der Waals surface area contributed by atoms with E-state index < -0.39 is 5.97 Å². The van der Waals surface area contributed by atoms with Gasteiger partial charge < -0.3 is 15.1 Å². The summed E-state index contributed by atoms with van der Waals surface area (Å²) in [5, 5.41) is 15.1. The van der Waals surface area contributed by atoms with Crippen LogP contribution >= 0.6 is 0 Å². The first-order valence-electron chi connectivity index (χ1n) is 5.14. The van der Waals surface area contributed by atoms with Crippen LogP contribution in [0.25, 0.3) is 22.3 Å². The highest BCUT2D eigenvalue weighted by Crippen LogP contribution is 2.20. The van der Waals surface area contributed by atoms with Gasteiger partial charge in [-0.2, -0.15) is 5.10 Å². The minimum Gasteiger partial charge on any atom is -0.477 e. The average Bonchev–Trinajstić information content (AvgIpc) is 2.91. The zero-order valence-electron chi connectivity index (χ0n) is 9.02. The highest BCUT2D eigenvalue weighted by Gasteiger charge is 2.10.